The third-order valence-corrected chi connectivity index (χ3v) is 6.56. The van der Waals surface area contributed by atoms with Crippen molar-refractivity contribution in [1.82, 2.24) is 14.5 Å². The van der Waals surface area contributed by atoms with Crippen molar-refractivity contribution in [2.24, 2.45) is 7.05 Å². The Kier molecular flexibility index (Phi) is 4.27. The fourth-order valence-corrected chi connectivity index (χ4v) is 4.75. The molecule has 0 aliphatic rings. The second-order valence-electron chi connectivity index (χ2n) is 5.70. The van der Waals surface area contributed by atoms with Gasteiger partial charge in [-0.15, -0.1) is 11.3 Å². The molecule has 0 saturated carbocycles. The van der Waals surface area contributed by atoms with Crippen LogP contribution in [0.4, 0.5) is 0 Å². The van der Waals surface area contributed by atoms with Gasteiger partial charge in [0, 0.05) is 18.2 Å². The van der Waals surface area contributed by atoms with Crippen molar-refractivity contribution in [1.29, 1.82) is 0 Å². The molecule has 4 nitrogen and oxygen atoms in total. The third-order valence-electron chi connectivity index (χ3n) is 4.13. The Hall–Kier alpha value is -1.89. The number of halogens is 1. The minimum absolute atomic E-state index is 0.0174. The molecule has 7 heteroatoms. The van der Waals surface area contributed by atoms with Gasteiger partial charge in [-0.3, -0.25) is 14.3 Å². The van der Waals surface area contributed by atoms with Crippen molar-refractivity contribution in [3.05, 3.63) is 62.3 Å². The summed E-state index contributed by atoms with van der Waals surface area (Å²) in [5.41, 5.74) is 3.48. The predicted octanol–water partition coefficient (Wildman–Crippen LogP) is 4.80. The van der Waals surface area contributed by atoms with E-state index in [9.17, 15) is 4.79 Å². The second-order valence-corrected chi connectivity index (χ2v) is 7.93. The van der Waals surface area contributed by atoms with Gasteiger partial charge in [-0.05, 0) is 30.0 Å². The van der Waals surface area contributed by atoms with Crippen molar-refractivity contribution in [3.63, 3.8) is 0 Å². The van der Waals surface area contributed by atoms with Crippen molar-refractivity contribution in [2.75, 3.05) is 0 Å². The van der Waals surface area contributed by atoms with Crippen LogP contribution >= 0.6 is 34.7 Å². The zero-order valence-corrected chi connectivity index (χ0v) is 16.0. The van der Waals surface area contributed by atoms with Crippen molar-refractivity contribution >= 4 is 55.8 Å². The number of hydrogen-bond donors (Lipinski definition) is 0. The van der Waals surface area contributed by atoms with Crippen LogP contribution in [0.25, 0.3) is 21.1 Å². The molecular formula is C18H14ClN3OS2. The van der Waals surface area contributed by atoms with Gasteiger partial charge in [0.1, 0.15) is 4.70 Å². The number of nitrogens with zero attached hydrogens (tertiary/aromatic N) is 3. The molecule has 1 aromatic carbocycles. The molecule has 0 aliphatic carbocycles. The second kappa shape index (κ2) is 6.44. The summed E-state index contributed by atoms with van der Waals surface area (Å²) in [7, 11) is 1.75. The summed E-state index contributed by atoms with van der Waals surface area (Å²) in [6.45, 7) is 2.01. The fraction of sp³-hybridized carbons (Fsp3) is 0.167. The average Bonchev–Trinajstić information content (AvgIpc) is 3.09. The number of thiophene rings is 1. The molecule has 0 unspecified atom stereocenters. The van der Waals surface area contributed by atoms with Gasteiger partial charge in [0.2, 0.25) is 0 Å². The lowest BCUT2D eigenvalue weighted by molar-refractivity contribution is 0.727. The highest BCUT2D eigenvalue weighted by atomic mass is 35.5. The zero-order chi connectivity index (χ0) is 17.6. The van der Waals surface area contributed by atoms with Crippen LogP contribution in [0.1, 0.15) is 11.3 Å². The van der Waals surface area contributed by atoms with Gasteiger partial charge in [0.05, 0.1) is 21.7 Å². The summed E-state index contributed by atoms with van der Waals surface area (Å²) in [6, 6.07) is 9.83. The molecule has 126 valence electrons. The Balaban J connectivity index is 1.72. The van der Waals surface area contributed by atoms with Crippen LogP contribution in [-0.2, 0) is 12.8 Å². The molecule has 0 amide bonds. The van der Waals surface area contributed by atoms with E-state index in [1.54, 1.807) is 11.6 Å². The molecule has 0 radical (unpaired) electrons. The number of benzene rings is 1. The summed E-state index contributed by atoms with van der Waals surface area (Å²) < 4.78 is 2.27. The maximum Gasteiger partial charge on any atom is 0.271 e. The molecule has 0 bridgehead atoms. The van der Waals surface area contributed by atoms with E-state index in [0.717, 1.165) is 27.7 Å². The van der Waals surface area contributed by atoms with Gasteiger partial charge >= 0.3 is 0 Å². The predicted molar refractivity (Wildman–Crippen MR) is 106 cm³/mol. The van der Waals surface area contributed by atoms with E-state index in [-0.39, 0.29) is 5.56 Å². The topological polar surface area (TPSA) is 47.8 Å². The summed E-state index contributed by atoms with van der Waals surface area (Å²) in [5.74, 6) is 0.556. The largest absolute Gasteiger partial charge is 0.290 e. The molecule has 0 fully saturated rings. The van der Waals surface area contributed by atoms with Crippen LogP contribution in [0.15, 0.2) is 45.7 Å². The summed E-state index contributed by atoms with van der Waals surface area (Å²) >= 11 is 9.42. The number of aryl methyl sites for hydroxylation is 1. The molecule has 25 heavy (non-hydrogen) atoms. The van der Waals surface area contributed by atoms with Gasteiger partial charge in [-0.25, -0.2) is 4.98 Å². The average molecular weight is 388 g/mol. The van der Waals surface area contributed by atoms with Crippen molar-refractivity contribution < 1.29 is 0 Å². The maximum absolute atomic E-state index is 12.4. The first-order valence-electron chi connectivity index (χ1n) is 7.67. The highest BCUT2D eigenvalue weighted by Gasteiger charge is 2.14. The van der Waals surface area contributed by atoms with E-state index in [1.807, 2.05) is 42.6 Å². The molecule has 4 rings (SSSR count). The van der Waals surface area contributed by atoms with E-state index in [1.165, 1.54) is 23.1 Å². The van der Waals surface area contributed by atoms with Crippen LogP contribution in [0.3, 0.4) is 0 Å². The standard InChI is InChI=1S/C18H14ClN3OS2/c1-10-11-5-3-4-6-12(11)20-14(15(10)19)9-25-18-21-13-7-8-24-16(13)17(23)22(18)2/h3-8H,9H2,1-2H3. The lowest BCUT2D eigenvalue weighted by Gasteiger charge is -2.11. The zero-order valence-electron chi connectivity index (χ0n) is 13.6. The van der Waals surface area contributed by atoms with Crippen LogP contribution in [0.5, 0.6) is 0 Å². The third kappa shape index (κ3) is 2.84. The highest BCUT2D eigenvalue weighted by molar-refractivity contribution is 7.98. The van der Waals surface area contributed by atoms with Crippen LogP contribution in [0.2, 0.25) is 5.02 Å². The van der Waals surface area contributed by atoms with E-state index in [0.29, 0.717) is 20.6 Å². The summed E-state index contributed by atoms with van der Waals surface area (Å²) in [4.78, 5) is 21.7. The lowest BCUT2D eigenvalue weighted by Crippen LogP contribution is -2.18. The molecule has 0 aliphatic heterocycles. The SMILES string of the molecule is Cc1c(Cl)c(CSc2nc3ccsc3c(=O)n2C)nc2ccccc12. The Bertz CT molecular complexity index is 1170. The van der Waals surface area contributed by atoms with Crippen LogP contribution in [0, 0.1) is 6.92 Å². The highest BCUT2D eigenvalue weighted by Crippen LogP contribution is 2.31. The molecular weight excluding hydrogens is 374 g/mol. The van der Waals surface area contributed by atoms with Gasteiger partial charge < -0.3 is 0 Å². The molecule has 3 aromatic heterocycles. The molecule has 0 atom stereocenters. The Labute approximate surface area is 157 Å². The van der Waals surface area contributed by atoms with Gasteiger partial charge in [0.25, 0.3) is 5.56 Å². The van der Waals surface area contributed by atoms with E-state index < -0.39 is 0 Å². The van der Waals surface area contributed by atoms with Gasteiger partial charge in [0.15, 0.2) is 5.16 Å². The first-order valence-corrected chi connectivity index (χ1v) is 9.91. The quantitative estimate of drug-likeness (QED) is 0.374. The van der Waals surface area contributed by atoms with Crippen LogP contribution < -0.4 is 5.56 Å². The van der Waals surface area contributed by atoms with E-state index in [4.69, 9.17) is 11.6 Å². The fourth-order valence-electron chi connectivity index (χ4n) is 2.74. The number of fused-ring (bicyclic) bond motifs is 2. The summed E-state index contributed by atoms with van der Waals surface area (Å²) in [5, 5.41) is 4.29. The Morgan fingerprint density at radius 3 is 2.84 bits per heavy atom. The molecule has 0 spiro atoms. The monoisotopic (exact) mass is 387 g/mol. The first-order chi connectivity index (χ1) is 12.1. The number of pyridine rings is 1. The number of thioether (sulfide) groups is 1. The Morgan fingerprint density at radius 2 is 2.00 bits per heavy atom. The molecule has 0 N–H and O–H groups in total. The molecule has 3 heterocycles. The molecule has 4 aromatic rings. The smallest absolute Gasteiger partial charge is 0.271 e. The minimum atomic E-state index is -0.0174. The van der Waals surface area contributed by atoms with E-state index in [2.05, 4.69) is 9.97 Å². The van der Waals surface area contributed by atoms with E-state index >= 15 is 0 Å². The first kappa shape index (κ1) is 16.6. The van der Waals surface area contributed by atoms with Crippen molar-refractivity contribution in [2.45, 2.75) is 17.8 Å². The summed E-state index contributed by atoms with van der Waals surface area (Å²) in [6.07, 6.45) is 0. The minimum Gasteiger partial charge on any atom is -0.290 e. The number of para-hydroxylation sites is 1. The Morgan fingerprint density at radius 1 is 1.20 bits per heavy atom. The number of hydrogen-bond acceptors (Lipinski definition) is 5. The normalized spacial score (nSPS) is 11.5. The number of aromatic nitrogens is 3. The van der Waals surface area contributed by atoms with Gasteiger partial charge in [-0.1, -0.05) is 41.6 Å². The van der Waals surface area contributed by atoms with Crippen LogP contribution in [-0.4, -0.2) is 14.5 Å². The van der Waals surface area contributed by atoms with Gasteiger partial charge in [-0.2, -0.15) is 0 Å². The van der Waals surface area contributed by atoms with Crippen molar-refractivity contribution in [3.8, 4) is 0 Å². The maximum atomic E-state index is 12.4. The molecule has 0 saturated heterocycles. The number of rotatable bonds is 3. The lowest BCUT2D eigenvalue weighted by atomic mass is 10.1.